The highest BCUT2D eigenvalue weighted by Gasteiger charge is 2.12. The average molecular weight is 348 g/mol. The topological polar surface area (TPSA) is 74.8 Å². The predicted octanol–water partition coefficient (Wildman–Crippen LogP) is 2.86. The summed E-state index contributed by atoms with van der Waals surface area (Å²) in [5, 5.41) is 19.1. The van der Waals surface area contributed by atoms with Crippen LogP contribution < -0.4 is 19.9 Å². The van der Waals surface area contributed by atoms with E-state index in [0.29, 0.717) is 23.7 Å². The lowest BCUT2D eigenvalue weighted by Crippen LogP contribution is -2.22. The summed E-state index contributed by atoms with van der Waals surface area (Å²) in [5.41, 5.74) is -0.267. The van der Waals surface area contributed by atoms with Gasteiger partial charge in [-0.1, -0.05) is 27.7 Å². The molecular weight excluding hydrogens is 328 g/mol. The van der Waals surface area contributed by atoms with E-state index in [1.807, 2.05) is 39.8 Å². The highest BCUT2D eigenvalue weighted by Crippen LogP contribution is 2.14. The first kappa shape index (κ1) is 20.6. The third kappa shape index (κ3) is 5.27. The zero-order chi connectivity index (χ0) is 19.7. The van der Waals surface area contributed by atoms with Crippen molar-refractivity contribution in [1.29, 1.82) is 10.5 Å². The molecule has 0 fully saturated rings. The number of benzene rings is 1. The molecule has 0 atom stereocenters. The molecule has 26 heavy (non-hydrogen) atoms. The zero-order valence-electron chi connectivity index (χ0n) is 15.3. The predicted molar refractivity (Wildman–Crippen MR) is 97.6 cm³/mol. The monoisotopic (exact) mass is 348 g/mol. The standard InChI is InChI=1S/C20H20N4O2/c1-13(2)11-25-19-7-16(18(10-22)24-6)20(26-12-14(3)4)8-15(19)17(9-21)23-5/h7-8,13-14H,11-12H2,1-4H3/b17-15-,18-16+. The Morgan fingerprint density at radius 3 is 1.46 bits per heavy atom. The third-order valence-electron chi connectivity index (χ3n) is 3.17. The molecule has 1 rings (SSSR count). The van der Waals surface area contributed by atoms with E-state index in [0.717, 1.165) is 0 Å². The van der Waals surface area contributed by atoms with Crippen molar-refractivity contribution in [2.45, 2.75) is 27.7 Å². The number of hydrogen-bond donors (Lipinski definition) is 0. The Morgan fingerprint density at radius 2 is 1.23 bits per heavy atom. The van der Waals surface area contributed by atoms with Gasteiger partial charge in [0.15, 0.2) is 0 Å². The average Bonchev–Trinajstić information content (AvgIpc) is 2.61. The van der Waals surface area contributed by atoms with Crippen molar-refractivity contribution in [2.75, 3.05) is 13.2 Å². The lowest BCUT2D eigenvalue weighted by atomic mass is 10.1. The molecule has 0 amide bonds. The van der Waals surface area contributed by atoms with Gasteiger partial charge < -0.3 is 9.47 Å². The Bertz CT molecular complexity index is 836. The second-order valence-corrected chi connectivity index (χ2v) is 6.40. The molecule has 0 saturated carbocycles. The van der Waals surface area contributed by atoms with Crippen LogP contribution in [0, 0.1) is 47.6 Å². The first-order valence-electron chi connectivity index (χ1n) is 8.11. The molecule has 0 aromatic heterocycles. The maximum atomic E-state index is 9.26. The van der Waals surface area contributed by atoms with Crippen molar-refractivity contribution in [3.05, 3.63) is 45.4 Å². The number of ether oxygens (including phenoxy) is 2. The second-order valence-electron chi connectivity index (χ2n) is 6.40. The molecule has 0 unspecified atom stereocenters. The van der Waals surface area contributed by atoms with Crippen molar-refractivity contribution in [1.82, 2.24) is 0 Å². The van der Waals surface area contributed by atoms with Crippen LogP contribution in [0.25, 0.3) is 21.1 Å². The second kappa shape index (κ2) is 9.73. The molecule has 1 aromatic carbocycles. The smallest absolute Gasteiger partial charge is 0.272 e. The van der Waals surface area contributed by atoms with Crippen LogP contribution in [0.4, 0.5) is 0 Å². The molecule has 0 radical (unpaired) electrons. The molecule has 0 aliphatic rings. The molecule has 0 N–H and O–H groups in total. The molecule has 0 saturated heterocycles. The molecule has 0 aliphatic heterocycles. The van der Waals surface area contributed by atoms with Crippen LogP contribution in [-0.2, 0) is 0 Å². The number of nitriles is 2. The summed E-state index contributed by atoms with van der Waals surface area (Å²) in [7, 11) is 0. The van der Waals surface area contributed by atoms with E-state index >= 15 is 0 Å². The Labute approximate surface area is 153 Å². The van der Waals surface area contributed by atoms with E-state index in [9.17, 15) is 10.5 Å². The van der Waals surface area contributed by atoms with Gasteiger partial charge >= 0.3 is 0 Å². The van der Waals surface area contributed by atoms with Gasteiger partial charge in [-0.2, -0.15) is 0 Å². The van der Waals surface area contributed by atoms with Crippen LogP contribution in [0.3, 0.4) is 0 Å². The van der Waals surface area contributed by atoms with Crippen molar-refractivity contribution < 1.29 is 9.47 Å². The number of rotatable bonds is 6. The van der Waals surface area contributed by atoms with E-state index in [1.54, 1.807) is 0 Å². The fourth-order valence-corrected chi connectivity index (χ4v) is 1.97. The molecule has 1 aromatic rings. The van der Waals surface area contributed by atoms with Crippen LogP contribution in [0.15, 0.2) is 12.1 Å². The number of nitrogens with zero attached hydrogens (tertiary/aromatic N) is 4. The Hall–Kier alpha value is -3.48. The maximum absolute atomic E-state index is 9.26. The van der Waals surface area contributed by atoms with Crippen LogP contribution in [-0.4, -0.2) is 13.2 Å². The van der Waals surface area contributed by atoms with Crippen molar-refractivity contribution in [3.8, 4) is 23.6 Å². The highest BCUT2D eigenvalue weighted by atomic mass is 16.5. The Balaban J connectivity index is 3.85. The van der Waals surface area contributed by atoms with Crippen molar-refractivity contribution in [2.24, 2.45) is 11.8 Å². The number of hydrogen-bond acceptors (Lipinski definition) is 4. The molecule has 6 heteroatoms. The van der Waals surface area contributed by atoms with Gasteiger partial charge in [-0.15, -0.1) is 0 Å². The maximum Gasteiger partial charge on any atom is 0.272 e. The molecule has 6 nitrogen and oxygen atoms in total. The van der Waals surface area contributed by atoms with Gasteiger partial charge in [-0.3, -0.25) is 0 Å². The van der Waals surface area contributed by atoms with Crippen LogP contribution in [0.5, 0.6) is 11.5 Å². The first-order valence-corrected chi connectivity index (χ1v) is 8.11. The van der Waals surface area contributed by atoms with E-state index in [-0.39, 0.29) is 34.7 Å². The minimum absolute atomic E-state index is 0.133. The van der Waals surface area contributed by atoms with Crippen LogP contribution in [0.1, 0.15) is 27.7 Å². The van der Waals surface area contributed by atoms with Crippen molar-refractivity contribution in [3.63, 3.8) is 0 Å². The molecule has 132 valence electrons. The summed E-state index contributed by atoms with van der Waals surface area (Å²) < 4.78 is 11.5. The minimum atomic E-state index is -0.133. The van der Waals surface area contributed by atoms with E-state index in [4.69, 9.17) is 22.6 Å². The molecular formula is C20H20N4O2. The molecule has 0 aliphatic carbocycles. The third-order valence-corrected chi connectivity index (χ3v) is 3.17. The SMILES string of the molecule is [C-]#[N+]/C(C#N)=c1/cc(OCC(C)C)/c(=C(\C#N)[N+]#[C-])cc1OCC(C)C. The van der Waals surface area contributed by atoms with E-state index in [2.05, 4.69) is 9.69 Å². The van der Waals surface area contributed by atoms with Gasteiger partial charge in [0, 0.05) is 10.4 Å². The summed E-state index contributed by atoms with van der Waals surface area (Å²) in [5.74, 6) is 1.02. The van der Waals surface area contributed by atoms with Gasteiger partial charge in [0.25, 0.3) is 11.4 Å². The molecule has 0 bridgehead atoms. The quantitative estimate of drug-likeness (QED) is 0.741. The van der Waals surface area contributed by atoms with Gasteiger partial charge in [0.2, 0.25) is 0 Å². The van der Waals surface area contributed by atoms with Gasteiger partial charge in [-0.05, 0) is 24.0 Å². The zero-order valence-corrected chi connectivity index (χ0v) is 15.3. The molecule has 0 spiro atoms. The minimum Gasteiger partial charge on any atom is -0.494 e. The van der Waals surface area contributed by atoms with E-state index in [1.165, 1.54) is 12.1 Å². The largest absolute Gasteiger partial charge is 0.494 e. The highest BCUT2D eigenvalue weighted by molar-refractivity contribution is 5.71. The van der Waals surface area contributed by atoms with Crippen LogP contribution in [0.2, 0.25) is 0 Å². The fraction of sp³-hybridized carbons (Fsp3) is 0.400. The Kier molecular flexibility index (Phi) is 7.69. The van der Waals surface area contributed by atoms with E-state index < -0.39 is 0 Å². The lowest BCUT2D eigenvalue weighted by Gasteiger charge is -2.14. The summed E-state index contributed by atoms with van der Waals surface area (Å²) in [6, 6.07) is 6.73. The Morgan fingerprint density at radius 1 is 0.885 bits per heavy atom. The summed E-state index contributed by atoms with van der Waals surface area (Å²) in [6.45, 7) is 23.1. The molecule has 0 heterocycles. The summed E-state index contributed by atoms with van der Waals surface area (Å²) in [4.78, 5) is 6.51. The summed E-state index contributed by atoms with van der Waals surface area (Å²) >= 11 is 0. The van der Waals surface area contributed by atoms with Gasteiger partial charge in [-0.25, -0.2) is 20.2 Å². The fourth-order valence-electron chi connectivity index (χ4n) is 1.97. The van der Waals surface area contributed by atoms with Gasteiger partial charge in [0.1, 0.15) is 11.5 Å². The van der Waals surface area contributed by atoms with Crippen LogP contribution >= 0.6 is 0 Å². The van der Waals surface area contributed by atoms with Crippen molar-refractivity contribution >= 4 is 11.4 Å². The normalized spacial score (nSPS) is 12.4. The first-order chi connectivity index (χ1) is 12.4. The summed E-state index contributed by atoms with van der Waals surface area (Å²) in [6.07, 6.45) is 0. The lowest BCUT2D eigenvalue weighted by molar-refractivity contribution is 0.260. The van der Waals surface area contributed by atoms with Gasteiger partial charge in [0.05, 0.1) is 38.5 Å².